The van der Waals surface area contributed by atoms with Crippen molar-refractivity contribution in [2.24, 2.45) is 22.7 Å². The molecular formula is C20H20O2. The summed E-state index contributed by atoms with van der Waals surface area (Å²) in [5.41, 5.74) is 3.73. The number of hydrogen-bond acceptors (Lipinski definition) is 2. The molecular weight excluding hydrogens is 272 g/mol. The molecule has 0 spiro atoms. The fourth-order valence-electron chi connectivity index (χ4n) is 6.86. The summed E-state index contributed by atoms with van der Waals surface area (Å²) < 4.78 is 11.5. The van der Waals surface area contributed by atoms with Gasteiger partial charge in [0.05, 0.1) is 14.2 Å². The molecule has 2 heteroatoms. The van der Waals surface area contributed by atoms with Gasteiger partial charge in [-0.1, -0.05) is 24.3 Å². The molecule has 0 bridgehead atoms. The maximum atomic E-state index is 5.76. The number of hydrogen-bond donors (Lipinski definition) is 0. The molecule has 1 aromatic rings. The van der Waals surface area contributed by atoms with Crippen molar-refractivity contribution in [1.29, 1.82) is 0 Å². The summed E-state index contributed by atoms with van der Waals surface area (Å²) in [6.45, 7) is 0. The van der Waals surface area contributed by atoms with E-state index in [4.69, 9.17) is 9.47 Å². The van der Waals surface area contributed by atoms with Gasteiger partial charge < -0.3 is 9.47 Å². The fraction of sp³-hybridized carbons (Fsp3) is 0.500. The molecule has 2 fully saturated rings. The molecule has 1 aromatic carbocycles. The van der Waals surface area contributed by atoms with Crippen LogP contribution in [0.3, 0.4) is 0 Å². The molecule has 5 aliphatic rings. The molecule has 0 aliphatic heterocycles. The van der Waals surface area contributed by atoms with Gasteiger partial charge in [-0.2, -0.15) is 0 Å². The second-order valence-corrected chi connectivity index (χ2v) is 7.70. The first-order valence-electron chi connectivity index (χ1n) is 8.39. The normalized spacial score (nSPS) is 47.2. The lowest BCUT2D eigenvalue weighted by Gasteiger charge is -2.55. The Morgan fingerprint density at radius 1 is 0.909 bits per heavy atom. The van der Waals surface area contributed by atoms with Crippen LogP contribution in [0.25, 0.3) is 0 Å². The van der Waals surface area contributed by atoms with E-state index in [1.807, 2.05) is 0 Å². The summed E-state index contributed by atoms with van der Waals surface area (Å²) in [7, 11) is 3.61. The van der Waals surface area contributed by atoms with Crippen molar-refractivity contribution in [3.05, 3.63) is 47.6 Å². The van der Waals surface area contributed by atoms with E-state index < -0.39 is 0 Å². The third-order valence-corrected chi connectivity index (χ3v) is 7.52. The lowest BCUT2D eigenvalue weighted by Crippen LogP contribution is -2.48. The van der Waals surface area contributed by atoms with Crippen molar-refractivity contribution in [3.63, 3.8) is 0 Å². The van der Waals surface area contributed by atoms with Crippen LogP contribution in [0.4, 0.5) is 0 Å². The number of ether oxygens (including phenoxy) is 2. The van der Waals surface area contributed by atoms with Gasteiger partial charge in [-0.3, -0.25) is 0 Å². The first-order chi connectivity index (χ1) is 10.8. The molecule has 2 nitrogen and oxygen atoms in total. The topological polar surface area (TPSA) is 18.5 Å². The standard InChI is InChI=1S/C20H20O2/c1-21-11-5-6-12(22-2)14-13(11)15-16-17(14)19-7-3-4-8-20(19,10-9-19)18(15)16/h3-6,9-10,15-18H,7-8H2,1-2H3/t15-,16+,17-,18+,19+,20+/m1/s1. The molecule has 5 aliphatic carbocycles. The Bertz CT molecular complexity index is 776. The van der Waals surface area contributed by atoms with Crippen molar-refractivity contribution < 1.29 is 9.47 Å². The Balaban J connectivity index is 1.64. The van der Waals surface area contributed by atoms with Crippen LogP contribution in [0, 0.1) is 22.7 Å². The summed E-state index contributed by atoms with van der Waals surface area (Å²) in [5, 5.41) is 0. The van der Waals surface area contributed by atoms with Crippen LogP contribution in [0.15, 0.2) is 36.4 Å². The monoisotopic (exact) mass is 292 g/mol. The van der Waals surface area contributed by atoms with Crippen LogP contribution >= 0.6 is 0 Å². The average molecular weight is 292 g/mol. The van der Waals surface area contributed by atoms with Gasteiger partial charge in [-0.15, -0.1) is 0 Å². The molecule has 6 atom stereocenters. The fourth-order valence-corrected chi connectivity index (χ4v) is 6.86. The van der Waals surface area contributed by atoms with Gasteiger partial charge in [0.1, 0.15) is 11.5 Å². The highest BCUT2D eigenvalue weighted by atomic mass is 16.5. The van der Waals surface area contributed by atoms with Crippen LogP contribution in [-0.2, 0) is 0 Å². The number of rotatable bonds is 2. The summed E-state index contributed by atoms with van der Waals surface area (Å²) in [4.78, 5) is 0. The third kappa shape index (κ3) is 0.893. The van der Waals surface area contributed by atoms with Gasteiger partial charge in [-0.25, -0.2) is 0 Å². The van der Waals surface area contributed by atoms with E-state index in [0.29, 0.717) is 22.7 Å². The van der Waals surface area contributed by atoms with E-state index in [1.165, 1.54) is 24.0 Å². The highest BCUT2D eigenvalue weighted by Gasteiger charge is 2.84. The van der Waals surface area contributed by atoms with Crippen molar-refractivity contribution in [1.82, 2.24) is 0 Å². The van der Waals surface area contributed by atoms with Gasteiger partial charge >= 0.3 is 0 Å². The molecule has 0 unspecified atom stereocenters. The SMILES string of the molecule is COc1ccc(OC)c2c1[C@@H]1[C@@H]3[C@H]1[C@]14C=C[C@@]1(CC=CC4)[C@H]23. The van der Waals surface area contributed by atoms with Gasteiger partial charge in [0.25, 0.3) is 0 Å². The summed E-state index contributed by atoms with van der Waals surface area (Å²) in [6, 6.07) is 4.21. The van der Waals surface area contributed by atoms with Crippen LogP contribution in [0.1, 0.15) is 35.8 Å². The number of methoxy groups -OCH3 is 2. The van der Waals surface area contributed by atoms with E-state index >= 15 is 0 Å². The Labute approximate surface area is 130 Å². The van der Waals surface area contributed by atoms with Gasteiger partial charge in [0.15, 0.2) is 0 Å². The second-order valence-electron chi connectivity index (χ2n) is 7.70. The third-order valence-electron chi connectivity index (χ3n) is 7.52. The molecule has 0 amide bonds. The predicted molar refractivity (Wildman–Crippen MR) is 84.4 cm³/mol. The summed E-state index contributed by atoms with van der Waals surface area (Å²) >= 11 is 0. The Hall–Kier alpha value is -1.70. The van der Waals surface area contributed by atoms with Gasteiger partial charge in [0.2, 0.25) is 0 Å². The van der Waals surface area contributed by atoms with E-state index in [9.17, 15) is 0 Å². The number of benzene rings is 1. The molecule has 6 rings (SSSR count). The first kappa shape index (κ1) is 11.8. The summed E-state index contributed by atoms with van der Waals surface area (Å²) in [6.07, 6.45) is 12.3. The highest BCUT2D eigenvalue weighted by Crippen LogP contribution is 2.91. The highest BCUT2D eigenvalue weighted by molar-refractivity contribution is 5.67. The predicted octanol–water partition coefficient (Wildman–Crippen LogP) is 4.04. The first-order valence-corrected chi connectivity index (χ1v) is 8.39. The molecule has 22 heavy (non-hydrogen) atoms. The second kappa shape index (κ2) is 3.29. The van der Waals surface area contributed by atoms with Crippen molar-refractivity contribution >= 4 is 0 Å². The minimum atomic E-state index is 0.360. The van der Waals surface area contributed by atoms with Gasteiger partial charge in [0, 0.05) is 27.9 Å². The minimum Gasteiger partial charge on any atom is -0.496 e. The Kier molecular flexibility index (Phi) is 1.77. The molecule has 0 N–H and O–H groups in total. The quantitative estimate of drug-likeness (QED) is 0.766. The van der Waals surface area contributed by atoms with E-state index in [2.05, 4.69) is 36.4 Å². The number of allylic oxidation sites excluding steroid dienone is 4. The van der Waals surface area contributed by atoms with E-state index in [-0.39, 0.29) is 0 Å². The largest absolute Gasteiger partial charge is 0.496 e. The van der Waals surface area contributed by atoms with Crippen molar-refractivity contribution in [3.8, 4) is 11.5 Å². The summed E-state index contributed by atoms with van der Waals surface area (Å²) in [5.74, 6) is 5.14. The number of fused-ring (bicyclic) bond motifs is 4. The van der Waals surface area contributed by atoms with Crippen molar-refractivity contribution in [2.45, 2.75) is 24.7 Å². The van der Waals surface area contributed by atoms with Crippen molar-refractivity contribution in [2.75, 3.05) is 14.2 Å². The molecule has 112 valence electrons. The Morgan fingerprint density at radius 2 is 1.55 bits per heavy atom. The molecule has 2 saturated carbocycles. The van der Waals surface area contributed by atoms with Crippen LogP contribution in [0.5, 0.6) is 11.5 Å². The zero-order valence-electron chi connectivity index (χ0n) is 13.0. The van der Waals surface area contributed by atoms with Crippen LogP contribution < -0.4 is 9.47 Å². The van der Waals surface area contributed by atoms with Crippen LogP contribution in [0.2, 0.25) is 0 Å². The van der Waals surface area contributed by atoms with E-state index in [1.54, 1.807) is 14.2 Å². The van der Waals surface area contributed by atoms with Gasteiger partial charge in [-0.05, 0) is 42.7 Å². The van der Waals surface area contributed by atoms with Crippen LogP contribution in [-0.4, -0.2) is 14.2 Å². The molecule has 0 aromatic heterocycles. The lowest BCUT2D eigenvalue weighted by atomic mass is 9.48. The smallest absolute Gasteiger partial charge is 0.122 e. The van der Waals surface area contributed by atoms with E-state index in [0.717, 1.165) is 23.3 Å². The maximum absolute atomic E-state index is 5.76. The average Bonchev–Trinajstić information content (AvgIpc) is 3.10. The zero-order valence-corrected chi connectivity index (χ0v) is 13.0. The Morgan fingerprint density at radius 3 is 2.18 bits per heavy atom. The molecule has 0 radical (unpaired) electrons. The zero-order chi connectivity index (χ0) is 14.7. The molecule has 0 saturated heterocycles. The minimum absolute atomic E-state index is 0.360. The lowest BCUT2D eigenvalue weighted by molar-refractivity contribution is 0.0837. The molecule has 0 heterocycles. The maximum Gasteiger partial charge on any atom is 0.122 e.